The minimum atomic E-state index is -3.46. The third kappa shape index (κ3) is 4.96. The second-order valence-electron chi connectivity index (χ2n) is 9.42. The molecule has 2 aromatic heterocycles. The SMILES string of the molecule is CC(C)n1cnnc1-c1cccc(NC(=O)c2cc3c(cc2F)CCC(S(=O)(=O)NC2CC2)C3)n1. The smallest absolute Gasteiger partial charge is 0.259 e. The van der Waals surface area contributed by atoms with Crippen LogP contribution in [0.25, 0.3) is 11.5 Å². The number of nitrogens with zero attached hydrogens (tertiary/aromatic N) is 4. The third-order valence-electron chi connectivity index (χ3n) is 6.41. The summed E-state index contributed by atoms with van der Waals surface area (Å²) < 4.78 is 44.8. The Kier molecular flexibility index (Phi) is 6.14. The van der Waals surface area contributed by atoms with Gasteiger partial charge in [0, 0.05) is 12.1 Å². The number of carbonyl (C=O) groups excluding carboxylic acids is 1. The van der Waals surface area contributed by atoms with Gasteiger partial charge in [0.2, 0.25) is 10.0 Å². The predicted octanol–water partition coefficient (Wildman–Crippen LogP) is 3.25. The van der Waals surface area contributed by atoms with E-state index in [2.05, 4.69) is 25.2 Å². The fraction of sp³-hybridized carbons (Fsp3) is 0.417. The molecule has 11 heteroatoms. The third-order valence-corrected chi connectivity index (χ3v) is 8.36. The molecule has 2 N–H and O–H groups in total. The van der Waals surface area contributed by atoms with Crippen molar-refractivity contribution in [3.8, 4) is 11.5 Å². The summed E-state index contributed by atoms with van der Waals surface area (Å²) in [7, 11) is -3.46. The van der Waals surface area contributed by atoms with Crippen LogP contribution in [0.2, 0.25) is 0 Å². The minimum Gasteiger partial charge on any atom is -0.310 e. The van der Waals surface area contributed by atoms with Crippen molar-refractivity contribution in [2.24, 2.45) is 0 Å². The number of fused-ring (bicyclic) bond motifs is 1. The Morgan fingerprint density at radius 2 is 1.97 bits per heavy atom. The van der Waals surface area contributed by atoms with E-state index in [4.69, 9.17) is 0 Å². The summed E-state index contributed by atoms with van der Waals surface area (Å²) in [5.74, 6) is -0.490. The lowest BCUT2D eigenvalue weighted by Crippen LogP contribution is -2.39. The van der Waals surface area contributed by atoms with Gasteiger partial charge in [0.25, 0.3) is 5.91 Å². The van der Waals surface area contributed by atoms with Crippen molar-refractivity contribution in [1.82, 2.24) is 24.5 Å². The van der Waals surface area contributed by atoms with Crippen LogP contribution >= 0.6 is 0 Å². The summed E-state index contributed by atoms with van der Waals surface area (Å²) in [6.07, 6.45) is 4.47. The standard InChI is InChI=1S/C24H27FN6O3S/c1-14(2)31-13-26-29-23(31)21-4-3-5-22(27-21)28-24(32)19-11-16-10-18(9-6-15(16)12-20(19)25)35(33,34)30-17-7-8-17/h3-5,11-14,17-18,30H,6-10H2,1-2H3,(H,27,28,32). The number of hydrogen-bond donors (Lipinski definition) is 2. The molecule has 0 saturated heterocycles. The number of sulfonamides is 1. The first kappa shape index (κ1) is 23.6. The van der Waals surface area contributed by atoms with Gasteiger partial charge in [0.05, 0.1) is 10.8 Å². The quantitative estimate of drug-likeness (QED) is 0.516. The second-order valence-corrected chi connectivity index (χ2v) is 11.4. The highest BCUT2D eigenvalue weighted by Crippen LogP contribution is 2.30. The summed E-state index contributed by atoms with van der Waals surface area (Å²) in [6, 6.07) is 8.07. The molecule has 2 aliphatic carbocycles. The molecule has 1 amide bonds. The number of rotatable bonds is 7. The maximum atomic E-state index is 14.9. The fourth-order valence-corrected chi connectivity index (χ4v) is 6.05. The van der Waals surface area contributed by atoms with Crippen LogP contribution in [-0.2, 0) is 22.9 Å². The highest BCUT2D eigenvalue weighted by Gasteiger charge is 2.35. The van der Waals surface area contributed by atoms with Gasteiger partial charge in [-0.05, 0) is 81.3 Å². The average molecular weight is 499 g/mol. The Morgan fingerprint density at radius 1 is 1.17 bits per heavy atom. The van der Waals surface area contributed by atoms with Gasteiger partial charge >= 0.3 is 0 Å². The summed E-state index contributed by atoms with van der Waals surface area (Å²) in [6.45, 7) is 3.99. The molecule has 2 aliphatic rings. The molecular weight excluding hydrogens is 471 g/mol. The maximum Gasteiger partial charge on any atom is 0.259 e. The maximum absolute atomic E-state index is 14.9. The van der Waals surface area contributed by atoms with Crippen molar-refractivity contribution in [1.29, 1.82) is 0 Å². The highest BCUT2D eigenvalue weighted by atomic mass is 32.2. The molecule has 1 atom stereocenters. The van der Waals surface area contributed by atoms with E-state index in [1.807, 2.05) is 18.4 Å². The molecule has 0 aliphatic heterocycles. The average Bonchev–Trinajstić information content (AvgIpc) is 3.47. The van der Waals surface area contributed by atoms with E-state index in [1.165, 1.54) is 12.1 Å². The van der Waals surface area contributed by atoms with Gasteiger partial charge in [0.1, 0.15) is 23.7 Å². The number of carbonyl (C=O) groups is 1. The Bertz CT molecular complexity index is 1380. The largest absolute Gasteiger partial charge is 0.310 e. The van der Waals surface area contributed by atoms with Crippen LogP contribution < -0.4 is 10.0 Å². The summed E-state index contributed by atoms with van der Waals surface area (Å²) in [5, 5.41) is 10.1. The number of halogens is 1. The molecule has 9 nitrogen and oxygen atoms in total. The molecule has 1 fully saturated rings. The van der Waals surface area contributed by atoms with Gasteiger partial charge in [-0.15, -0.1) is 10.2 Å². The summed E-state index contributed by atoms with van der Waals surface area (Å²) in [4.78, 5) is 17.4. The number of hydrogen-bond acceptors (Lipinski definition) is 6. The Labute approximate surface area is 203 Å². The zero-order valence-electron chi connectivity index (χ0n) is 19.5. The van der Waals surface area contributed by atoms with Gasteiger partial charge in [0.15, 0.2) is 5.82 Å². The molecule has 0 radical (unpaired) electrons. The molecule has 0 bridgehead atoms. The van der Waals surface area contributed by atoms with Crippen molar-refractivity contribution in [3.63, 3.8) is 0 Å². The van der Waals surface area contributed by atoms with Gasteiger partial charge in [-0.1, -0.05) is 6.07 Å². The lowest BCUT2D eigenvalue weighted by molar-refractivity contribution is 0.102. The molecule has 2 heterocycles. The summed E-state index contributed by atoms with van der Waals surface area (Å²) in [5.41, 5.74) is 1.80. The van der Waals surface area contributed by atoms with Crippen LogP contribution in [0.15, 0.2) is 36.7 Å². The van der Waals surface area contributed by atoms with Gasteiger partial charge < -0.3 is 9.88 Å². The number of pyridine rings is 1. The topological polar surface area (TPSA) is 119 Å². The molecule has 184 valence electrons. The minimum absolute atomic E-state index is 0.0357. The number of aromatic nitrogens is 4. The van der Waals surface area contributed by atoms with Gasteiger partial charge in [-0.25, -0.2) is 22.5 Å². The Hall–Kier alpha value is -3.18. The molecule has 3 aromatic rings. The van der Waals surface area contributed by atoms with Crippen molar-refractivity contribution in [3.05, 3.63) is 59.2 Å². The predicted molar refractivity (Wildman–Crippen MR) is 129 cm³/mol. The zero-order chi connectivity index (χ0) is 24.7. The number of anilines is 1. The molecular formula is C24H27FN6O3S. The lowest BCUT2D eigenvalue weighted by atomic mass is 9.89. The van der Waals surface area contributed by atoms with Crippen LogP contribution in [0.1, 0.15) is 60.6 Å². The lowest BCUT2D eigenvalue weighted by Gasteiger charge is -2.25. The first-order chi connectivity index (χ1) is 16.7. The van der Waals surface area contributed by atoms with Crippen LogP contribution in [0.4, 0.5) is 10.2 Å². The Morgan fingerprint density at radius 3 is 2.71 bits per heavy atom. The number of nitrogens with one attached hydrogen (secondary N) is 2. The van der Waals surface area contributed by atoms with Crippen molar-refractivity contribution in [2.45, 2.75) is 63.3 Å². The second kappa shape index (κ2) is 9.12. The van der Waals surface area contributed by atoms with Gasteiger partial charge in [-0.2, -0.15) is 0 Å². The van der Waals surface area contributed by atoms with Crippen molar-refractivity contribution < 1.29 is 17.6 Å². The molecule has 1 saturated carbocycles. The number of aryl methyl sites for hydroxylation is 1. The zero-order valence-corrected chi connectivity index (χ0v) is 20.3. The number of amides is 1. The summed E-state index contributed by atoms with van der Waals surface area (Å²) >= 11 is 0. The molecule has 0 spiro atoms. The van der Waals surface area contributed by atoms with E-state index < -0.39 is 27.0 Å². The van der Waals surface area contributed by atoms with Crippen LogP contribution in [0, 0.1) is 5.82 Å². The monoisotopic (exact) mass is 498 g/mol. The normalized spacial score (nSPS) is 17.9. The van der Waals surface area contributed by atoms with Crippen LogP contribution in [0.5, 0.6) is 0 Å². The first-order valence-corrected chi connectivity index (χ1v) is 13.3. The van der Waals surface area contributed by atoms with E-state index in [0.29, 0.717) is 29.9 Å². The van der Waals surface area contributed by atoms with E-state index in [-0.39, 0.29) is 29.9 Å². The Balaban J connectivity index is 1.36. The molecule has 35 heavy (non-hydrogen) atoms. The van der Waals surface area contributed by atoms with E-state index >= 15 is 0 Å². The van der Waals surface area contributed by atoms with E-state index in [9.17, 15) is 17.6 Å². The van der Waals surface area contributed by atoms with Crippen LogP contribution in [0.3, 0.4) is 0 Å². The number of benzene rings is 1. The van der Waals surface area contributed by atoms with Crippen molar-refractivity contribution in [2.75, 3.05) is 5.32 Å². The van der Waals surface area contributed by atoms with E-state index in [0.717, 1.165) is 18.4 Å². The molecule has 1 aromatic carbocycles. The van der Waals surface area contributed by atoms with Crippen LogP contribution in [-0.4, -0.2) is 45.4 Å². The van der Waals surface area contributed by atoms with E-state index in [1.54, 1.807) is 24.5 Å². The van der Waals surface area contributed by atoms with Crippen molar-refractivity contribution >= 4 is 21.7 Å². The van der Waals surface area contributed by atoms with Gasteiger partial charge in [-0.3, -0.25) is 4.79 Å². The molecule has 5 rings (SSSR count). The highest BCUT2D eigenvalue weighted by molar-refractivity contribution is 7.90. The molecule has 1 unspecified atom stereocenters. The fourth-order valence-electron chi connectivity index (χ4n) is 4.33. The first-order valence-electron chi connectivity index (χ1n) is 11.7.